The molecular weight excluding hydrogens is 735 g/mol. The minimum absolute atomic E-state index is 0.0484. The summed E-state index contributed by atoms with van der Waals surface area (Å²) in [6.07, 6.45) is 4.80. The zero-order chi connectivity index (χ0) is 39.0. The number of pyridine rings is 1. The van der Waals surface area contributed by atoms with Gasteiger partial charge < -0.3 is 24.2 Å². The number of carboxylic acids is 1. The summed E-state index contributed by atoms with van der Waals surface area (Å²) in [6.45, 7) is 11.1. The highest BCUT2D eigenvalue weighted by Crippen LogP contribution is 2.43. The normalized spacial score (nSPS) is 13.1. The molecule has 0 atom stereocenters. The highest BCUT2D eigenvalue weighted by molar-refractivity contribution is 6.35. The molecule has 6 aromatic rings. The van der Waals surface area contributed by atoms with E-state index in [2.05, 4.69) is 14.5 Å². The van der Waals surface area contributed by atoms with Crippen molar-refractivity contribution in [3.63, 3.8) is 0 Å². The van der Waals surface area contributed by atoms with Crippen LogP contribution in [-0.2, 0) is 20.0 Å². The van der Waals surface area contributed by atoms with E-state index in [-0.39, 0.29) is 11.5 Å². The lowest BCUT2D eigenvalue weighted by atomic mass is 9.98. The van der Waals surface area contributed by atoms with Gasteiger partial charge in [0.2, 0.25) is 0 Å². The van der Waals surface area contributed by atoms with Gasteiger partial charge in [-0.1, -0.05) is 29.3 Å². The van der Waals surface area contributed by atoms with Crippen LogP contribution in [0.3, 0.4) is 0 Å². The van der Waals surface area contributed by atoms with Crippen molar-refractivity contribution in [3.05, 3.63) is 128 Å². The highest BCUT2D eigenvalue weighted by Gasteiger charge is 2.32. The molecule has 1 saturated heterocycles. The van der Waals surface area contributed by atoms with Crippen molar-refractivity contribution in [1.82, 2.24) is 24.2 Å². The molecule has 1 aliphatic heterocycles. The van der Waals surface area contributed by atoms with E-state index in [1.165, 1.54) is 0 Å². The number of aromatic nitrogens is 4. The highest BCUT2D eigenvalue weighted by atomic mass is 35.5. The van der Waals surface area contributed by atoms with E-state index in [1.807, 2.05) is 92.9 Å². The first kappa shape index (κ1) is 38.0. The van der Waals surface area contributed by atoms with Crippen molar-refractivity contribution in [3.8, 4) is 16.9 Å². The lowest BCUT2D eigenvalue weighted by Crippen LogP contribution is -2.49. The number of halogens is 2. The molecule has 12 heteroatoms. The monoisotopic (exact) mass is 778 g/mol. The molecule has 3 aromatic carbocycles. The van der Waals surface area contributed by atoms with E-state index in [0.29, 0.717) is 62.9 Å². The second-order valence-electron chi connectivity index (χ2n) is 14.2. The van der Waals surface area contributed by atoms with Crippen molar-refractivity contribution in [1.29, 1.82) is 0 Å². The number of fused-ring (bicyclic) bond motifs is 1. The topological polar surface area (TPSA) is 106 Å². The van der Waals surface area contributed by atoms with Gasteiger partial charge in [-0.05, 0) is 117 Å². The zero-order valence-corrected chi connectivity index (χ0v) is 33.2. The predicted molar refractivity (Wildman–Crippen MR) is 218 cm³/mol. The number of benzene rings is 3. The molecule has 0 radical (unpaired) electrons. The van der Waals surface area contributed by atoms with E-state index in [0.717, 1.165) is 72.1 Å². The number of ether oxygens (including phenoxy) is 1. The van der Waals surface area contributed by atoms with Crippen LogP contribution in [0.4, 0.5) is 5.69 Å². The lowest BCUT2D eigenvalue weighted by molar-refractivity contribution is 0.0694. The molecule has 55 heavy (non-hydrogen) atoms. The number of carbonyl (C=O) groups is 2. The Morgan fingerprint density at radius 2 is 1.55 bits per heavy atom. The number of aromatic carboxylic acids is 1. The van der Waals surface area contributed by atoms with Gasteiger partial charge in [0.1, 0.15) is 11.4 Å². The van der Waals surface area contributed by atoms with E-state index < -0.39 is 5.97 Å². The standard InChI is InChI=1S/C43H44Cl2N6O4/c1-26-23-33(24-27(2)39(26)45)55-22-6-7-34-35-12-13-36(44)38(37-28(3)47-48(5)29(37)4)40(35)51(25-30-14-16-46-17-15-30)41(34)42(52)50-20-18-49(19-21-50)32-10-8-31(9-11-32)43(53)54/h8-17,23-24H,6-7,18-22,25H2,1-5H3,(H,53,54). The summed E-state index contributed by atoms with van der Waals surface area (Å²) in [5, 5.41) is 16.4. The van der Waals surface area contributed by atoms with Crippen LogP contribution < -0.4 is 9.64 Å². The number of nitrogens with zero attached hydrogens (tertiary/aromatic N) is 6. The molecule has 7 rings (SSSR count). The molecule has 1 aliphatic rings. The molecule has 0 aliphatic carbocycles. The Kier molecular flexibility index (Phi) is 10.9. The fraction of sp³-hybridized carbons (Fsp3) is 0.302. The molecule has 284 valence electrons. The maximum atomic E-state index is 15.1. The third kappa shape index (κ3) is 7.53. The van der Waals surface area contributed by atoms with Crippen LogP contribution in [0.1, 0.15) is 60.9 Å². The first-order chi connectivity index (χ1) is 26.4. The van der Waals surface area contributed by atoms with Gasteiger partial charge in [-0.15, -0.1) is 0 Å². The van der Waals surface area contributed by atoms with E-state index in [9.17, 15) is 9.90 Å². The third-order valence-electron chi connectivity index (χ3n) is 10.6. The summed E-state index contributed by atoms with van der Waals surface area (Å²) in [6, 6.07) is 18.7. The third-order valence-corrected chi connectivity index (χ3v) is 11.5. The number of rotatable bonds is 11. The lowest BCUT2D eigenvalue weighted by Gasteiger charge is -2.36. The van der Waals surface area contributed by atoms with Crippen LogP contribution in [-0.4, -0.2) is 74.0 Å². The summed E-state index contributed by atoms with van der Waals surface area (Å²) in [5.41, 5.74) is 10.2. The van der Waals surface area contributed by atoms with Crippen molar-refractivity contribution in [2.45, 2.75) is 47.1 Å². The van der Waals surface area contributed by atoms with Crippen LogP contribution in [0.25, 0.3) is 22.0 Å². The van der Waals surface area contributed by atoms with Gasteiger partial charge in [0.25, 0.3) is 5.91 Å². The van der Waals surface area contributed by atoms with Crippen molar-refractivity contribution < 1.29 is 19.4 Å². The van der Waals surface area contributed by atoms with Gasteiger partial charge in [0, 0.05) is 85.1 Å². The maximum Gasteiger partial charge on any atom is 0.335 e. The fourth-order valence-electron chi connectivity index (χ4n) is 7.75. The van der Waals surface area contributed by atoms with Crippen molar-refractivity contribution in [2.75, 3.05) is 37.7 Å². The Hall–Kier alpha value is -5.32. The molecule has 0 saturated carbocycles. The van der Waals surface area contributed by atoms with Crippen LogP contribution >= 0.6 is 23.2 Å². The first-order valence-electron chi connectivity index (χ1n) is 18.4. The molecule has 1 amide bonds. The number of carbonyl (C=O) groups excluding carboxylic acids is 1. The van der Waals surface area contributed by atoms with Gasteiger partial charge in [-0.25, -0.2) is 4.79 Å². The molecule has 0 unspecified atom stereocenters. The summed E-state index contributed by atoms with van der Waals surface area (Å²) in [5.74, 6) is -0.240. The number of aryl methyl sites for hydroxylation is 5. The Balaban J connectivity index is 1.31. The summed E-state index contributed by atoms with van der Waals surface area (Å²) >= 11 is 13.6. The number of hydrogen-bond donors (Lipinski definition) is 1. The van der Waals surface area contributed by atoms with Gasteiger partial charge in [-0.3, -0.25) is 14.5 Å². The van der Waals surface area contributed by atoms with Crippen LogP contribution in [0, 0.1) is 27.7 Å². The summed E-state index contributed by atoms with van der Waals surface area (Å²) in [7, 11) is 1.93. The van der Waals surface area contributed by atoms with Gasteiger partial charge in [-0.2, -0.15) is 5.10 Å². The Bertz CT molecular complexity index is 2370. The van der Waals surface area contributed by atoms with Crippen molar-refractivity contribution >= 4 is 51.7 Å². The Labute approximate surface area is 330 Å². The van der Waals surface area contributed by atoms with Crippen LogP contribution in [0.15, 0.2) is 73.1 Å². The Morgan fingerprint density at radius 3 is 2.16 bits per heavy atom. The SMILES string of the molecule is Cc1cc(OCCCc2c(C(=O)N3CCN(c4ccc(C(=O)O)cc4)CC3)n(Cc3ccncc3)c3c(-c4c(C)nn(C)c4C)c(Cl)ccc23)cc(C)c1Cl. The zero-order valence-electron chi connectivity index (χ0n) is 31.7. The molecule has 0 spiro atoms. The fourth-order valence-corrected chi connectivity index (χ4v) is 8.11. The maximum absolute atomic E-state index is 15.1. The quantitative estimate of drug-likeness (QED) is 0.131. The minimum Gasteiger partial charge on any atom is -0.494 e. The summed E-state index contributed by atoms with van der Waals surface area (Å²) < 4.78 is 10.3. The smallest absolute Gasteiger partial charge is 0.335 e. The van der Waals surface area contributed by atoms with Crippen LogP contribution in [0.2, 0.25) is 10.0 Å². The molecule has 1 N–H and O–H groups in total. The number of amides is 1. The van der Waals surface area contributed by atoms with Gasteiger partial charge in [0.05, 0.1) is 28.4 Å². The van der Waals surface area contributed by atoms with Gasteiger partial charge >= 0.3 is 5.97 Å². The number of hydrogen-bond acceptors (Lipinski definition) is 6. The number of carboxylic acid groups (broad SMARTS) is 1. The average Bonchev–Trinajstić information content (AvgIpc) is 3.62. The molecule has 1 fully saturated rings. The van der Waals surface area contributed by atoms with E-state index in [1.54, 1.807) is 24.5 Å². The van der Waals surface area contributed by atoms with E-state index in [4.69, 9.17) is 33.0 Å². The predicted octanol–water partition coefficient (Wildman–Crippen LogP) is 8.70. The summed E-state index contributed by atoms with van der Waals surface area (Å²) in [4.78, 5) is 34.9. The minimum atomic E-state index is -0.958. The average molecular weight is 780 g/mol. The molecule has 3 aromatic heterocycles. The second kappa shape index (κ2) is 15.8. The largest absolute Gasteiger partial charge is 0.494 e. The Morgan fingerprint density at radius 1 is 0.873 bits per heavy atom. The van der Waals surface area contributed by atoms with Gasteiger partial charge in [0.15, 0.2) is 0 Å². The number of piperazine rings is 1. The van der Waals surface area contributed by atoms with Crippen molar-refractivity contribution in [2.24, 2.45) is 7.05 Å². The molecule has 4 heterocycles. The second-order valence-corrected chi connectivity index (χ2v) is 15.0. The molecule has 0 bridgehead atoms. The van der Waals surface area contributed by atoms with E-state index >= 15 is 4.79 Å². The first-order valence-corrected chi connectivity index (χ1v) is 19.2. The van der Waals surface area contributed by atoms with Crippen LogP contribution in [0.5, 0.6) is 5.75 Å². The number of anilines is 1. The molecular formula is C43H44Cl2N6O4. The molecule has 10 nitrogen and oxygen atoms in total.